The second-order valence-electron chi connectivity index (χ2n) is 5.58. The molecule has 0 spiro atoms. The molecule has 0 aromatic heterocycles. The van der Waals surface area contributed by atoms with Gasteiger partial charge < -0.3 is 26.4 Å². The number of anilines is 1. The number of nitrogens with two attached hydrogens (primary N) is 1. The first-order valence-corrected chi connectivity index (χ1v) is 9.12. The zero-order chi connectivity index (χ0) is 18.2. The molecule has 0 bridgehead atoms. The Balaban J connectivity index is 1.88. The highest BCUT2D eigenvalue weighted by molar-refractivity contribution is 7.99. The molecule has 1 aromatic carbocycles. The monoisotopic (exact) mass is 365 g/mol. The highest BCUT2D eigenvalue weighted by Gasteiger charge is 2.21. The van der Waals surface area contributed by atoms with Crippen molar-refractivity contribution < 1.29 is 14.7 Å². The van der Waals surface area contributed by atoms with Crippen LogP contribution in [-0.4, -0.2) is 71.4 Å². The van der Waals surface area contributed by atoms with Crippen molar-refractivity contribution in [2.24, 2.45) is 5.73 Å². The smallest absolute Gasteiger partial charge is 0.245 e. The molecule has 0 radical (unpaired) electrons. The number of amides is 2. The number of nitrogen functional groups attached to an aromatic ring is 1. The molecule has 8 nitrogen and oxygen atoms in total. The summed E-state index contributed by atoms with van der Waals surface area (Å²) in [5.74, 6) is 1.15. The second-order valence-corrected chi connectivity index (χ2v) is 6.81. The highest BCUT2D eigenvalue weighted by atomic mass is 32.2. The van der Waals surface area contributed by atoms with Gasteiger partial charge in [0.1, 0.15) is 11.9 Å². The van der Waals surface area contributed by atoms with E-state index in [1.54, 1.807) is 40.9 Å². The van der Waals surface area contributed by atoms with E-state index in [0.29, 0.717) is 24.3 Å². The van der Waals surface area contributed by atoms with E-state index in [9.17, 15) is 14.7 Å². The molecule has 2 rings (SSSR count). The number of aliphatic hydroxyl groups is 1. The molecular weight excluding hydrogens is 342 g/mol. The fourth-order valence-electron chi connectivity index (χ4n) is 2.38. The Morgan fingerprint density at radius 2 is 2.08 bits per heavy atom. The number of carbonyl (C=O) groups is 2. The second kappa shape index (κ2) is 9.28. The average Bonchev–Trinajstić information content (AvgIpc) is 2.64. The molecule has 25 heavy (non-hydrogen) atoms. The number of nitrogens with zero attached hydrogens (tertiary/aromatic N) is 1. The van der Waals surface area contributed by atoms with Crippen LogP contribution in [-0.2, 0) is 9.59 Å². The van der Waals surface area contributed by atoms with Crippen LogP contribution >= 0.6 is 11.8 Å². The van der Waals surface area contributed by atoms with E-state index < -0.39 is 18.6 Å². The van der Waals surface area contributed by atoms with Crippen molar-refractivity contribution >= 4 is 35.1 Å². The molecule has 1 fully saturated rings. The summed E-state index contributed by atoms with van der Waals surface area (Å²) in [6.45, 7) is 0.873. The fraction of sp³-hybridized carbons (Fsp3) is 0.438. The third-order valence-electron chi connectivity index (χ3n) is 3.79. The van der Waals surface area contributed by atoms with Crippen molar-refractivity contribution in [1.29, 1.82) is 5.41 Å². The van der Waals surface area contributed by atoms with Crippen molar-refractivity contribution in [3.8, 4) is 0 Å². The molecule has 1 aromatic rings. The molecule has 0 aliphatic carbocycles. The number of hydrogen-bond acceptors (Lipinski definition) is 6. The van der Waals surface area contributed by atoms with Crippen LogP contribution in [0.15, 0.2) is 24.3 Å². The summed E-state index contributed by atoms with van der Waals surface area (Å²) in [6, 6.07) is 5.81. The maximum atomic E-state index is 12.2. The van der Waals surface area contributed by atoms with Crippen molar-refractivity contribution in [2.45, 2.75) is 6.04 Å². The average molecular weight is 365 g/mol. The maximum absolute atomic E-state index is 12.2. The molecule has 1 atom stereocenters. The highest BCUT2D eigenvalue weighted by Crippen LogP contribution is 2.12. The Bertz CT molecular complexity index is 634. The zero-order valence-electron chi connectivity index (χ0n) is 13.8. The Labute approximate surface area is 150 Å². The van der Waals surface area contributed by atoms with Gasteiger partial charge in [0.2, 0.25) is 11.8 Å². The minimum Gasteiger partial charge on any atom is -0.394 e. The van der Waals surface area contributed by atoms with Gasteiger partial charge in [0.05, 0.1) is 13.2 Å². The van der Waals surface area contributed by atoms with Crippen molar-refractivity contribution in [1.82, 2.24) is 10.2 Å². The fourth-order valence-corrected chi connectivity index (χ4v) is 3.29. The minimum absolute atomic E-state index is 0.0843. The van der Waals surface area contributed by atoms with Crippen molar-refractivity contribution in [2.75, 3.05) is 43.1 Å². The van der Waals surface area contributed by atoms with Gasteiger partial charge >= 0.3 is 0 Å². The van der Waals surface area contributed by atoms with Gasteiger partial charge in [0, 0.05) is 35.8 Å². The van der Waals surface area contributed by atoms with Gasteiger partial charge in [0.15, 0.2) is 0 Å². The SMILES string of the molecule is N=C(N)c1cccc(NC(CO)C(=O)NCC(=O)N2CCSCC2)c1. The summed E-state index contributed by atoms with van der Waals surface area (Å²) >= 11 is 1.81. The number of hydrogen-bond donors (Lipinski definition) is 5. The molecule has 6 N–H and O–H groups in total. The number of carbonyl (C=O) groups excluding carboxylic acids is 2. The van der Waals surface area contributed by atoms with Gasteiger partial charge in [-0.25, -0.2) is 0 Å². The number of thioether (sulfide) groups is 1. The van der Waals surface area contributed by atoms with Gasteiger partial charge in [-0.05, 0) is 12.1 Å². The first kappa shape index (κ1) is 19.1. The third-order valence-corrected chi connectivity index (χ3v) is 4.73. The number of amidine groups is 1. The van der Waals surface area contributed by atoms with E-state index in [2.05, 4.69) is 10.6 Å². The van der Waals surface area contributed by atoms with Crippen LogP contribution in [0.2, 0.25) is 0 Å². The van der Waals surface area contributed by atoms with Gasteiger partial charge in [-0.1, -0.05) is 12.1 Å². The largest absolute Gasteiger partial charge is 0.394 e. The van der Waals surface area contributed by atoms with E-state index >= 15 is 0 Å². The Kier molecular flexibility index (Phi) is 7.08. The zero-order valence-corrected chi connectivity index (χ0v) is 14.6. The quantitative estimate of drug-likeness (QED) is 0.325. The number of nitrogens with one attached hydrogen (secondary N) is 3. The Hall–Kier alpha value is -2.26. The summed E-state index contributed by atoms with van der Waals surface area (Å²) in [5, 5.41) is 22.3. The van der Waals surface area contributed by atoms with E-state index in [-0.39, 0.29) is 18.3 Å². The lowest BCUT2D eigenvalue weighted by Crippen LogP contribution is -2.48. The van der Waals surface area contributed by atoms with Crippen LogP contribution in [0.3, 0.4) is 0 Å². The van der Waals surface area contributed by atoms with Crippen LogP contribution < -0.4 is 16.4 Å². The normalized spacial score (nSPS) is 15.3. The minimum atomic E-state index is -0.896. The van der Waals surface area contributed by atoms with Crippen LogP contribution in [0, 0.1) is 5.41 Å². The lowest BCUT2D eigenvalue weighted by atomic mass is 10.1. The summed E-state index contributed by atoms with van der Waals surface area (Å²) in [5.41, 5.74) is 6.51. The summed E-state index contributed by atoms with van der Waals surface area (Å²) < 4.78 is 0. The predicted molar refractivity (Wildman–Crippen MR) is 98.9 cm³/mol. The lowest BCUT2D eigenvalue weighted by Gasteiger charge is -2.26. The van der Waals surface area contributed by atoms with Crippen LogP contribution in [0.4, 0.5) is 5.69 Å². The molecule has 9 heteroatoms. The first-order chi connectivity index (χ1) is 12.0. The topological polar surface area (TPSA) is 132 Å². The number of rotatable bonds is 7. The van der Waals surface area contributed by atoms with E-state index in [1.165, 1.54) is 0 Å². The van der Waals surface area contributed by atoms with E-state index in [0.717, 1.165) is 11.5 Å². The third kappa shape index (κ3) is 5.64. The first-order valence-electron chi connectivity index (χ1n) is 7.96. The van der Waals surface area contributed by atoms with E-state index in [4.69, 9.17) is 11.1 Å². The van der Waals surface area contributed by atoms with Crippen molar-refractivity contribution in [3.63, 3.8) is 0 Å². The summed E-state index contributed by atoms with van der Waals surface area (Å²) in [6.07, 6.45) is 0. The molecule has 0 saturated carbocycles. The predicted octanol–water partition coefficient (Wildman–Crippen LogP) is -0.565. The number of aliphatic hydroxyl groups excluding tert-OH is 1. The molecule has 136 valence electrons. The van der Waals surface area contributed by atoms with Gasteiger partial charge in [-0.15, -0.1) is 0 Å². The number of benzene rings is 1. The molecule has 1 aliphatic heterocycles. The molecule has 2 amide bonds. The van der Waals surface area contributed by atoms with Crippen LogP contribution in [0.1, 0.15) is 5.56 Å². The van der Waals surface area contributed by atoms with Crippen LogP contribution in [0.25, 0.3) is 0 Å². The Morgan fingerprint density at radius 3 is 2.72 bits per heavy atom. The van der Waals surface area contributed by atoms with Gasteiger partial charge in [-0.3, -0.25) is 15.0 Å². The molecule has 1 heterocycles. The summed E-state index contributed by atoms with van der Waals surface area (Å²) in [7, 11) is 0. The lowest BCUT2D eigenvalue weighted by molar-refractivity contribution is -0.132. The molecule has 1 aliphatic rings. The standard InChI is InChI=1S/C16H23N5O3S/c17-15(18)11-2-1-3-12(8-11)20-13(10-22)16(24)19-9-14(23)21-4-6-25-7-5-21/h1-3,8,13,20,22H,4-7,9-10H2,(H3,17,18)(H,19,24). The van der Waals surface area contributed by atoms with E-state index in [1.807, 2.05) is 0 Å². The molecule has 1 saturated heterocycles. The molecular formula is C16H23N5O3S. The maximum Gasteiger partial charge on any atom is 0.245 e. The summed E-state index contributed by atoms with van der Waals surface area (Å²) in [4.78, 5) is 26.0. The van der Waals surface area contributed by atoms with Gasteiger partial charge in [0.25, 0.3) is 0 Å². The van der Waals surface area contributed by atoms with Gasteiger partial charge in [-0.2, -0.15) is 11.8 Å². The van der Waals surface area contributed by atoms with Crippen LogP contribution in [0.5, 0.6) is 0 Å². The Morgan fingerprint density at radius 1 is 1.36 bits per heavy atom. The molecule has 1 unspecified atom stereocenters. The van der Waals surface area contributed by atoms with Crippen molar-refractivity contribution in [3.05, 3.63) is 29.8 Å².